The Hall–Kier alpha value is 0.437. The fourth-order valence-corrected chi connectivity index (χ4v) is 0. The molecule has 0 amide bonds. The van der Waals surface area contributed by atoms with Crippen molar-refractivity contribution in [2.24, 2.45) is 0 Å². The fourth-order valence-electron chi connectivity index (χ4n) is 0. The molecule has 0 spiro atoms. The molecular formula is FLiO3S. The summed E-state index contributed by atoms with van der Waals surface area (Å²) in [7, 11) is -2.99. The average Bonchev–Trinajstić information content (AvgIpc) is 1.38. The summed E-state index contributed by atoms with van der Waals surface area (Å²) in [6.45, 7) is 0. The Morgan fingerprint density at radius 1 is 1.50 bits per heavy atom. The first kappa shape index (κ1) is 9.67. The first-order valence-electron chi connectivity index (χ1n) is 0.654. The van der Waals surface area contributed by atoms with Gasteiger partial charge in [-0.05, 0) is 0 Å². The monoisotopic (exact) mass is 106 g/mol. The molecule has 0 aromatic heterocycles. The minimum atomic E-state index is -2.99. The molecule has 0 N–H and O–H groups in total. The third-order valence-electron chi connectivity index (χ3n) is 0.0514. The summed E-state index contributed by atoms with van der Waals surface area (Å²) >= 11 is 0. The Kier molecular flexibility index (Phi) is 8.76. The Morgan fingerprint density at radius 2 is 1.67 bits per heavy atom. The minimum Gasteiger partial charge on any atom is -0.394 e. The van der Waals surface area contributed by atoms with Crippen molar-refractivity contribution in [3.63, 3.8) is 0 Å². The molecule has 0 aromatic carbocycles. The maximum atomic E-state index is 10.0. The zero-order valence-electron chi connectivity index (χ0n) is 3.01. The van der Waals surface area contributed by atoms with Gasteiger partial charge in [0.1, 0.15) is 0 Å². The van der Waals surface area contributed by atoms with Crippen LogP contribution in [0.25, 0.3) is 0 Å². The van der Waals surface area contributed by atoms with E-state index in [2.05, 4.69) is 4.39 Å². The SMILES string of the molecule is O=[S-](=O)OF.[Li+]. The number of rotatable bonds is 1. The summed E-state index contributed by atoms with van der Waals surface area (Å²) in [5.41, 5.74) is 0. The van der Waals surface area contributed by atoms with Crippen molar-refractivity contribution in [3.8, 4) is 0 Å². The molecule has 0 bridgehead atoms. The van der Waals surface area contributed by atoms with Crippen LogP contribution in [-0.4, -0.2) is 0 Å². The average molecular weight is 106 g/mol. The van der Waals surface area contributed by atoms with Crippen LogP contribution in [-0.2, 0) is 23.8 Å². The van der Waals surface area contributed by atoms with E-state index in [1.807, 2.05) is 0 Å². The molecule has 3 nitrogen and oxygen atoms in total. The van der Waals surface area contributed by atoms with Crippen LogP contribution in [0.4, 0.5) is 4.53 Å². The van der Waals surface area contributed by atoms with Crippen LogP contribution >= 0.6 is 0 Å². The third-order valence-corrected chi connectivity index (χ3v) is 0.154. The number of hydrogen-bond donors (Lipinski definition) is 0. The van der Waals surface area contributed by atoms with Crippen LogP contribution in [0.3, 0.4) is 0 Å². The molecule has 0 aliphatic carbocycles. The van der Waals surface area contributed by atoms with Crippen LogP contribution in [0.15, 0.2) is 0 Å². The Balaban J connectivity index is 0. The zero-order chi connectivity index (χ0) is 4.28. The summed E-state index contributed by atoms with van der Waals surface area (Å²) in [6.07, 6.45) is 0. The first-order valence-corrected chi connectivity index (χ1v) is 1.65. The van der Waals surface area contributed by atoms with Gasteiger partial charge in [0.15, 0.2) is 0 Å². The molecule has 0 heterocycles. The van der Waals surface area contributed by atoms with Crippen LogP contribution < -0.4 is 18.9 Å². The van der Waals surface area contributed by atoms with E-state index in [1.165, 1.54) is 0 Å². The van der Waals surface area contributed by atoms with Gasteiger partial charge >= 0.3 is 18.9 Å². The molecule has 0 saturated carbocycles. The van der Waals surface area contributed by atoms with Crippen molar-refractivity contribution in [1.82, 2.24) is 0 Å². The van der Waals surface area contributed by atoms with Crippen LogP contribution in [0.1, 0.15) is 0 Å². The van der Waals surface area contributed by atoms with E-state index < -0.39 is 11.0 Å². The molecular weight excluding hydrogens is 106 g/mol. The first-order chi connectivity index (χ1) is 2.27. The Bertz CT molecular complexity index is 68.9. The van der Waals surface area contributed by atoms with E-state index in [-0.39, 0.29) is 18.9 Å². The second-order valence-corrected chi connectivity index (χ2v) is 0.801. The van der Waals surface area contributed by atoms with E-state index in [4.69, 9.17) is 8.42 Å². The maximum Gasteiger partial charge on any atom is 1.00 e. The molecule has 0 fully saturated rings. The molecule has 6 heteroatoms. The van der Waals surface area contributed by atoms with E-state index in [1.54, 1.807) is 0 Å². The van der Waals surface area contributed by atoms with Gasteiger partial charge in [0.25, 0.3) is 0 Å². The number of hydrogen-bond acceptors (Lipinski definition) is 4. The van der Waals surface area contributed by atoms with Crippen LogP contribution in [0, 0.1) is 0 Å². The normalized spacial score (nSPS) is 7.67. The third kappa shape index (κ3) is 8.83. The van der Waals surface area contributed by atoms with Crippen molar-refractivity contribution in [2.75, 3.05) is 0 Å². The smallest absolute Gasteiger partial charge is 0.394 e. The maximum absolute atomic E-state index is 10.0. The topological polar surface area (TPSA) is 43.4 Å². The summed E-state index contributed by atoms with van der Waals surface area (Å²) in [4.78, 5) is 0. The molecule has 0 radical (unpaired) electrons. The van der Waals surface area contributed by atoms with Gasteiger partial charge in [-0.15, -0.1) is 0 Å². The summed E-state index contributed by atoms with van der Waals surface area (Å²) in [5, 5.41) is 0. The zero-order valence-corrected chi connectivity index (χ0v) is 3.83. The van der Waals surface area contributed by atoms with E-state index in [9.17, 15) is 4.53 Å². The van der Waals surface area contributed by atoms with Gasteiger partial charge in [-0.1, -0.05) is 4.53 Å². The fraction of sp³-hybridized carbons (Fsp3) is 0. The molecule has 32 valence electrons. The summed E-state index contributed by atoms with van der Waals surface area (Å²) < 4.78 is 29.7. The van der Waals surface area contributed by atoms with Gasteiger partial charge in [0.2, 0.25) is 0 Å². The van der Waals surface area contributed by atoms with Gasteiger partial charge in [0, 0.05) is 0 Å². The summed E-state index contributed by atoms with van der Waals surface area (Å²) in [6, 6.07) is 0. The number of halogens is 1. The molecule has 0 aliphatic rings. The molecule has 0 aromatic rings. The van der Waals surface area contributed by atoms with Crippen molar-refractivity contribution >= 4 is 11.0 Å². The van der Waals surface area contributed by atoms with Gasteiger partial charge in [0.05, 0.1) is 11.0 Å². The Labute approximate surface area is 47.7 Å². The molecule has 0 aliphatic heterocycles. The predicted molar refractivity (Wildman–Crippen MR) is 10.9 cm³/mol. The van der Waals surface area contributed by atoms with E-state index in [0.29, 0.717) is 0 Å². The van der Waals surface area contributed by atoms with Crippen molar-refractivity contribution in [3.05, 3.63) is 0 Å². The van der Waals surface area contributed by atoms with Gasteiger partial charge in [-0.25, -0.2) is 4.39 Å². The van der Waals surface area contributed by atoms with E-state index in [0.717, 1.165) is 0 Å². The second-order valence-electron chi connectivity index (χ2n) is 0.267. The van der Waals surface area contributed by atoms with Crippen molar-refractivity contribution < 1.29 is 36.2 Å². The van der Waals surface area contributed by atoms with E-state index >= 15 is 0 Å². The largest absolute Gasteiger partial charge is 1.00 e. The molecule has 6 heavy (non-hydrogen) atoms. The molecule has 0 rings (SSSR count). The summed E-state index contributed by atoms with van der Waals surface area (Å²) in [5.74, 6) is 0. The molecule has 0 saturated heterocycles. The van der Waals surface area contributed by atoms with Gasteiger partial charge in [-0.2, -0.15) is 0 Å². The quantitative estimate of drug-likeness (QED) is 0.266. The molecule has 0 atom stereocenters. The molecule has 0 unspecified atom stereocenters. The van der Waals surface area contributed by atoms with Crippen molar-refractivity contribution in [2.45, 2.75) is 0 Å². The van der Waals surface area contributed by atoms with Crippen LogP contribution in [0.5, 0.6) is 0 Å². The van der Waals surface area contributed by atoms with Gasteiger partial charge < -0.3 is 8.42 Å². The predicted octanol–water partition coefficient (Wildman–Crippen LogP) is -2.88. The minimum absolute atomic E-state index is 0. The standard InChI is InChI=1S/FO3S.Li/c1-4-5(2)3;/q-1;+1. The van der Waals surface area contributed by atoms with Crippen LogP contribution in [0.2, 0.25) is 0 Å². The second kappa shape index (κ2) is 5.44. The van der Waals surface area contributed by atoms with Gasteiger partial charge in [-0.3, -0.25) is 0 Å². The van der Waals surface area contributed by atoms with Crippen molar-refractivity contribution in [1.29, 1.82) is 0 Å². The Morgan fingerprint density at radius 3 is 1.67 bits per heavy atom.